The number of Topliss-reactive ketones (excluding diaryl/α,β-unsaturated/α-hetero) is 1. The maximum absolute atomic E-state index is 11.7. The lowest BCUT2D eigenvalue weighted by atomic mass is 9.95. The van der Waals surface area contributed by atoms with Crippen LogP contribution >= 0.6 is 15.9 Å². The molecule has 0 spiro atoms. The van der Waals surface area contributed by atoms with E-state index >= 15 is 0 Å². The molecule has 20 heavy (non-hydrogen) atoms. The van der Waals surface area contributed by atoms with Gasteiger partial charge in [-0.3, -0.25) is 4.79 Å². The Morgan fingerprint density at radius 1 is 1.40 bits per heavy atom. The number of rotatable bonds is 4. The predicted molar refractivity (Wildman–Crippen MR) is 86.2 cm³/mol. The maximum Gasteiger partial charge on any atom is 0.161 e. The van der Waals surface area contributed by atoms with Crippen LogP contribution in [0.5, 0.6) is 0 Å². The van der Waals surface area contributed by atoms with Gasteiger partial charge in [-0.2, -0.15) is 0 Å². The number of halogens is 1. The van der Waals surface area contributed by atoms with Crippen molar-refractivity contribution in [3.05, 3.63) is 40.0 Å². The molecular weight excluding hydrogens is 318 g/mol. The van der Waals surface area contributed by atoms with E-state index in [9.17, 15) is 4.79 Å². The predicted octanol–water partition coefficient (Wildman–Crippen LogP) is 4.21. The van der Waals surface area contributed by atoms with Gasteiger partial charge in [0, 0.05) is 16.2 Å². The van der Waals surface area contributed by atoms with Crippen molar-refractivity contribution >= 4 is 27.3 Å². The molecule has 0 saturated carbocycles. The van der Waals surface area contributed by atoms with Gasteiger partial charge in [-0.25, -0.2) is 0 Å². The molecule has 0 aliphatic heterocycles. The molecule has 1 aromatic carbocycles. The first-order chi connectivity index (χ1) is 9.15. The SMILES string of the molecule is CC(=O)/C(=C/N)c1cc(Br)ccc1C(C)OC(C)(C)C. The van der Waals surface area contributed by atoms with Gasteiger partial charge in [0.15, 0.2) is 5.78 Å². The van der Waals surface area contributed by atoms with Crippen LogP contribution in [0.1, 0.15) is 51.8 Å². The summed E-state index contributed by atoms with van der Waals surface area (Å²) in [5.41, 5.74) is 7.63. The molecule has 0 amide bonds. The Bertz CT molecular complexity index is 530. The molecule has 0 radical (unpaired) electrons. The number of ketones is 1. The second-order valence-electron chi connectivity index (χ2n) is 5.74. The van der Waals surface area contributed by atoms with E-state index in [0.29, 0.717) is 5.57 Å². The van der Waals surface area contributed by atoms with Crippen molar-refractivity contribution in [2.24, 2.45) is 5.73 Å². The topological polar surface area (TPSA) is 52.3 Å². The minimum Gasteiger partial charge on any atom is -0.404 e. The summed E-state index contributed by atoms with van der Waals surface area (Å²) < 4.78 is 6.89. The summed E-state index contributed by atoms with van der Waals surface area (Å²) in [6.07, 6.45) is 1.23. The lowest BCUT2D eigenvalue weighted by Gasteiger charge is -2.27. The average Bonchev–Trinajstić information content (AvgIpc) is 2.26. The van der Waals surface area contributed by atoms with Gasteiger partial charge in [0.05, 0.1) is 11.7 Å². The Hall–Kier alpha value is -1.13. The fourth-order valence-corrected chi connectivity index (χ4v) is 2.47. The van der Waals surface area contributed by atoms with Crippen LogP contribution in [-0.2, 0) is 9.53 Å². The largest absolute Gasteiger partial charge is 0.404 e. The van der Waals surface area contributed by atoms with Crippen molar-refractivity contribution in [3.8, 4) is 0 Å². The number of ether oxygens (including phenoxy) is 1. The molecule has 4 heteroatoms. The van der Waals surface area contributed by atoms with Crippen LogP contribution in [0, 0.1) is 0 Å². The van der Waals surface area contributed by atoms with E-state index in [4.69, 9.17) is 10.5 Å². The van der Waals surface area contributed by atoms with E-state index in [2.05, 4.69) is 15.9 Å². The number of carbonyl (C=O) groups excluding carboxylic acids is 1. The van der Waals surface area contributed by atoms with E-state index in [1.54, 1.807) is 0 Å². The molecule has 0 saturated heterocycles. The Labute approximate surface area is 129 Å². The van der Waals surface area contributed by atoms with Crippen LogP contribution in [0.2, 0.25) is 0 Å². The molecule has 0 aliphatic carbocycles. The van der Waals surface area contributed by atoms with Gasteiger partial charge >= 0.3 is 0 Å². The van der Waals surface area contributed by atoms with Crippen LogP contribution in [-0.4, -0.2) is 11.4 Å². The van der Waals surface area contributed by atoms with Gasteiger partial charge in [-0.05, 0) is 57.9 Å². The molecular formula is C16H22BrNO2. The summed E-state index contributed by atoms with van der Waals surface area (Å²) in [4.78, 5) is 11.7. The summed E-state index contributed by atoms with van der Waals surface area (Å²) in [5, 5.41) is 0. The fourth-order valence-electron chi connectivity index (χ4n) is 2.11. The monoisotopic (exact) mass is 339 g/mol. The van der Waals surface area contributed by atoms with Crippen LogP contribution in [0.3, 0.4) is 0 Å². The number of carbonyl (C=O) groups is 1. The van der Waals surface area contributed by atoms with Gasteiger partial charge in [0.2, 0.25) is 0 Å². The molecule has 3 nitrogen and oxygen atoms in total. The van der Waals surface area contributed by atoms with E-state index in [1.165, 1.54) is 13.1 Å². The zero-order valence-electron chi connectivity index (χ0n) is 12.7. The van der Waals surface area contributed by atoms with Gasteiger partial charge < -0.3 is 10.5 Å². The molecule has 0 heterocycles. The zero-order chi connectivity index (χ0) is 15.5. The molecule has 0 aliphatic rings. The van der Waals surface area contributed by atoms with Crippen molar-refractivity contribution in [2.75, 3.05) is 0 Å². The van der Waals surface area contributed by atoms with E-state index in [-0.39, 0.29) is 17.5 Å². The lowest BCUT2D eigenvalue weighted by molar-refractivity contribution is -0.111. The van der Waals surface area contributed by atoms with Crippen LogP contribution in [0.4, 0.5) is 0 Å². The van der Waals surface area contributed by atoms with E-state index in [0.717, 1.165) is 15.6 Å². The number of benzene rings is 1. The molecule has 1 aromatic rings. The molecule has 0 bridgehead atoms. The Morgan fingerprint density at radius 2 is 2.00 bits per heavy atom. The Morgan fingerprint density at radius 3 is 2.45 bits per heavy atom. The molecule has 0 fully saturated rings. The number of allylic oxidation sites excluding steroid dienone is 1. The molecule has 1 unspecified atom stereocenters. The second-order valence-corrected chi connectivity index (χ2v) is 6.66. The van der Waals surface area contributed by atoms with Crippen LogP contribution < -0.4 is 5.73 Å². The fraction of sp³-hybridized carbons (Fsp3) is 0.438. The molecule has 2 N–H and O–H groups in total. The van der Waals surface area contributed by atoms with Gasteiger partial charge in [0.1, 0.15) is 0 Å². The Kier molecular flexibility index (Phi) is 5.54. The number of hydrogen-bond acceptors (Lipinski definition) is 3. The molecule has 1 rings (SSSR count). The first-order valence-electron chi connectivity index (χ1n) is 6.56. The first kappa shape index (κ1) is 16.9. The van der Waals surface area contributed by atoms with E-state index in [1.807, 2.05) is 45.9 Å². The third kappa shape index (κ3) is 4.46. The van der Waals surface area contributed by atoms with Crippen molar-refractivity contribution in [2.45, 2.75) is 46.3 Å². The zero-order valence-corrected chi connectivity index (χ0v) is 14.2. The van der Waals surface area contributed by atoms with Crippen molar-refractivity contribution in [3.63, 3.8) is 0 Å². The van der Waals surface area contributed by atoms with Gasteiger partial charge in [-0.15, -0.1) is 0 Å². The van der Waals surface area contributed by atoms with Crippen LogP contribution in [0.15, 0.2) is 28.9 Å². The first-order valence-corrected chi connectivity index (χ1v) is 7.35. The summed E-state index contributed by atoms with van der Waals surface area (Å²) >= 11 is 3.43. The number of hydrogen-bond donors (Lipinski definition) is 1. The van der Waals surface area contributed by atoms with Gasteiger partial charge in [0.25, 0.3) is 0 Å². The molecule has 1 atom stereocenters. The third-order valence-electron chi connectivity index (χ3n) is 2.82. The third-order valence-corrected chi connectivity index (χ3v) is 3.31. The maximum atomic E-state index is 11.7. The molecule has 0 aromatic heterocycles. The minimum absolute atomic E-state index is 0.0604. The quantitative estimate of drug-likeness (QED) is 0.835. The average molecular weight is 340 g/mol. The van der Waals surface area contributed by atoms with Crippen molar-refractivity contribution < 1.29 is 9.53 Å². The standard InChI is InChI=1S/C16H22BrNO2/c1-10(19)15(9-18)14-8-12(17)6-7-13(14)11(2)20-16(3,4)5/h6-9,11H,18H2,1-5H3/b15-9-. The summed E-state index contributed by atoms with van der Waals surface area (Å²) in [6.45, 7) is 9.51. The highest BCUT2D eigenvalue weighted by atomic mass is 79.9. The molecule has 110 valence electrons. The smallest absolute Gasteiger partial charge is 0.161 e. The highest BCUT2D eigenvalue weighted by Gasteiger charge is 2.21. The summed E-state index contributed by atoms with van der Waals surface area (Å²) in [6, 6.07) is 5.80. The highest BCUT2D eigenvalue weighted by Crippen LogP contribution is 2.32. The normalized spacial score (nSPS) is 14.2. The summed E-state index contributed by atoms with van der Waals surface area (Å²) in [5.74, 6) is -0.0604. The van der Waals surface area contributed by atoms with Gasteiger partial charge in [-0.1, -0.05) is 22.0 Å². The van der Waals surface area contributed by atoms with Crippen molar-refractivity contribution in [1.82, 2.24) is 0 Å². The highest BCUT2D eigenvalue weighted by molar-refractivity contribution is 9.10. The summed E-state index contributed by atoms with van der Waals surface area (Å²) in [7, 11) is 0. The van der Waals surface area contributed by atoms with E-state index < -0.39 is 0 Å². The van der Waals surface area contributed by atoms with Crippen molar-refractivity contribution in [1.29, 1.82) is 0 Å². The number of nitrogens with two attached hydrogens (primary N) is 1. The Balaban J connectivity index is 3.30. The lowest BCUT2D eigenvalue weighted by Crippen LogP contribution is -2.22. The minimum atomic E-state index is -0.257. The van der Waals surface area contributed by atoms with Crippen LogP contribution in [0.25, 0.3) is 5.57 Å². The second kappa shape index (κ2) is 6.55.